The highest BCUT2D eigenvalue weighted by molar-refractivity contribution is 5.88. The zero-order valence-electron chi connectivity index (χ0n) is 15.3. The number of carbonyl (C=O) groups is 1. The van der Waals surface area contributed by atoms with Gasteiger partial charge in [-0.2, -0.15) is 0 Å². The van der Waals surface area contributed by atoms with Crippen LogP contribution < -0.4 is 4.74 Å². The molecule has 2 aromatic carbocycles. The number of rotatable bonds is 2. The Balaban J connectivity index is 1.79. The van der Waals surface area contributed by atoms with Crippen molar-refractivity contribution < 1.29 is 14.3 Å². The molecule has 3 atom stereocenters. The summed E-state index contributed by atoms with van der Waals surface area (Å²) in [6.07, 6.45) is 5.47. The molecular formula is C22H26O3. The van der Waals surface area contributed by atoms with Gasteiger partial charge in [0.2, 0.25) is 0 Å². The molecule has 0 amide bonds. The van der Waals surface area contributed by atoms with Gasteiger partial charge in [-0.15, -0.1) is 0 Å². The molecule has 0 bridgehead atoms. The summed E-state index contributed by atoms with van der Waals surface area (Å²) in [7, 11) is 1.71. The van der Waals surface area contributed by atoms with Gasteiger partial charge in [0.05, 0.1) is 7.11 Å². The van der Waals surface area contributed by atoms with Crippen LogP contribution in [0.4, 0.5) is 0 Å². The van der Waals surface area contributed by atoms with Crippen molar-refractivity contribution in [2.24, 2.45) is 5.41 Å². The van der Waals surface area contributed by atoms with Crippen molar-refractivity contribution in [3.05, 3.63) is 41.5 Å². The van der Waals surface area contributed by atoms with Crippen LogP contribution in [0.15, 0.2) is 30.3 Å². The van der Waals surface area contributed by atoms with Crippen molar-refractivity contribution in [2.45, 2.75) is 58.0 Å². The van der Waals surface area contributed by atoms with Crippen LogP contribution in [0, 0.1) is 5.41 Å². The average Bonchev–Trinajstić information content (AvgIpc) is 2.61. The molecule has 132 valence electrons. The number of aryl methyl sites for hydroxylation is 1. The molecule has 3 heteroatoms. The molecule has 3 nitrogen and oxygen atoms in total. The van der Waals surface area contributed by atoms with Crippen LogP contribution >= 0.6 is 0 Å². The van der Waals surface area contributed by atoms with E-state index in [-0.39, 0.29) is 17.5 Å². The monoisotopic (exact) mass is 338 g/mol. The predicted octanol–water partition coefficient (Wildman–Crippen LogP) is 5.00. The number of hydrogen-bond donors (Lipinski definition) is 0. The van der Waals surface area contributed by atoms with Crippen LogP contribution in [0.2, 0.25) is 0 Å². The Labute approximate surface area is 149 Å². The highest BCUT2D eigenvalue weighted by Crippen LogP contribution is 2.55. The van der Waals surface area contributed by atoms with E-state index >= 15 is 0 Å². The molecule has 0 heterocycles. The number of fused-ring (bicyclic) bond motifs is 5. The summed E-state index contributed by atoms with van der Waals surface area (Å²) in [6.45, 7) is 3.86. The molecule has 0 unspecified atom stereocenters. The molecular weight excluding hydrogens is 312 g/mol. The van der Waals surface area contributed by atoms with E-state index in [0.717, 1.165) is 31.4 Å². The van der Waals surface area contributed by atoms with E-state index in [2.05, 4.69) is 37.3 Å². The Hall–Kier alpha value is -2.03. The van der Waals surface area contributed by atoms with Gasteiger partial charge in [-0.3, -0.25) is 4.79 Å². The van der Waals surface area contributed by atoms with Crippen LogP contribution in [0.3, 0.4) is 0 Å². The standard InChI is InChI=1S/C22H26O3/c1-14(23)25-21-6-4-5-20-19-9-7-15-13-16(24-3)8-10-17(15)18(19)11-12-22(20,21)2/h7-10,13,20-21H,4-6,11-12H2,1-3H3/t20-,21-,22-/m0/s1. The number of methoxy groups -OCH3 is 1. The van der Waals surface area contributed by atoms with Gasteiger partial charge in [0.1, 0.15) is 11.9 Å². The quantitative estimate of drug-likeness (QED) is 0.723. The van der Waals surface area contributed by atoms with Crippen LogP contribution in [0.5, 0.6) is 5.75 Å². The minimum atomic E-state index is -0.150. The lowest BCUT2D eigenvalue weighted by molar-refractivity contribution is -0.158. The second-order valence-corrected chi connectivity index (χ2v) is 7.81. The number of benzene rings is 2. The van der Waals surface area contributed by atoms with Crippen LogP contribution in [0.1, 0.15) is 56.6 Å². The first kappa shape index (κ1) is 16.4. The molecule has 4 rings (SSSR count). The molecule has 25 heavy (non-hydrogen) atoms. The second-order valence-electron chi connectivity index (χ2n) is 7.81. The van der Waals surface area contributed by atoms with E-state index in [1.165, 1.54) is 35.2 Å². The number of hydrogen-bond acceptors (Lipinski definition) is 3. The fraction of sp³-hybridized carbons (Fsp3) is 0.500. The van der Waals surface area contributed by atoms with Gasteiger partial charge in [0, 0.05) is 12.3 Å². The van der Waals surface area contributed by atoms with E-state index in [4.69, 9.17) is 9.47 Å². The molecule has 0 aliphatic heterocycles. The summed E-state index contributed by atoms with van der Waals surface area (Å²) in [6, 6.07) is 10.9. The maximum Gasteiger partial charge on any atom is 0.302 e. The van der Waals surface area contributed by atoms with Crippen molar-refractivity contribution in [1.29, 1.82) is 0 Å². The normalized spacial score (nSPS) is 28.1. The third-order valence-electron chi connectivity index (χ3n) is 6.46. The Morgan fingerprint density at radius 3 is 2.80 bits per heavy atom. The lowest BCUT2D eigenvalue weighted by Gasteiger charge is -2.50. The fourth-order valence-corrected chi connectivity index (χ4v) is 5.15. The molecule has 0 N–H and O–H groups in total. The van der Waals surface area contributed by atoms with Gasteiger partial charge in [0.25, 0.3) is 0 Å². The lowest BCUT2D eigenvalue weighted by atomic mass is 9.57. The van der Waals surface area contributed by atoms with Gasteiger partial charge in [-0.05, 0) is 72.1 Å². The Morgan fingerprint density at radius 2 is 2.04 bits per heavy atom. The van der Waals surface area contributed by atoms with Crippen LogP contribution in [-0.2, 0) is 16.0 Å². The number of esters is 1. The third kappa shape index (κ3) is 2.61. The van der Waals surface area contributed by atoms with Gasteiger partial charge in [0.15, 0.2) is 0 Å². The number of ether oxygens (including phenoxy) is 2. The highest BCUT2D eigenvalue weighted by Gasteiger charge is 2.48. The molecule has 2 aromatic rings. The average molecular weight is 338 g/mol. The minimum Gasteiger partial charge on any atom is -0.497 e. The summed E-state index contributed by atoms with van der Waals surface area (Å²) in [5.41, 5.74) is 2.99. The van der Waals surface area contributed by atoms with Gasteiger partial charge in [-0.1, -0.05) is 25.1 Å². The van der Waals surface area contributed by atoms with E-state index < -0.39 is 0 Å². The summed E-state index contributed by atoms with van der Waals surface area (Å²) < 4.78 is 11.1. The third-order valence-corrected chi connectivity index (χ3v) is 6.46. The summed E-state index contributed by atoms with van der Waals surface area (Å²) in [5, 5.41) is 2.59. The van der Waals surface area contributed by atoms with Crippen molar-refractivity contribution in [3.8, 4) is 5.75 Å². The maximum absolute atomic E-state index is 11.6. The fourth-order valence-electron chi connectivity index (χ4n) is 5.15. The molecule has 0 radical (unpaired) electrons. The molecule has 0 saturated heterocycles. The van der Waals surface area contributed by atoms with E-state index in [0.29, 0.717) is 5.92 Å². The van der Waals surface area contributed by atoms with Crippen molar-refractivity contribution in [2.75, 3.05) is 7.11 Å². The van der Waals surface area contributed by atoms with Gasteiger partial charge < -0.3 is 9.47 Å². The second kappa shape index (κ2) is 6.05. The van der Waals surface area contributed by atoms with E-state index in [1.54, 1.807) is 7.11 Å². The van der Waals surface area contributed by atoms with Gasteiger partial charge >= 0.3 is 5.97 Å². The summed E-state index contributed by atoms with van der Waals surface area (Å²) in [4.78, 5) is 11.6. The largest absolute Gasteiger partial charge is 0.497 e. The molecule has 2 aliphatic carbocycles. The lowest BCUT2D eigenvalue weighted by Crippen LogP contribution is -2.46. The molecule has 1 saturated carbocycles. The summed E-state index contributed by atoms with van der Waals surface area (Å²) >= 11 is 0. The molecule has 1 fully saturated rings. The molecule has 0 spiro atoms. The SMILES string of the molecule is COc1ccc2c3c(ccc2c1)[C@@H]1CCC[C@H](OC(C)=O)[C@@]1(C)CC3. The predicted molar refractivity (Wildman–Crippen MR) is 99.1 cm³/mol. The first-order valence-electron chi connectivity index (χ1n) is 9.29. The van der Waals surface area contributed by atoms with Gasteiger partial charge in [-0.25, -0.2) is 0 Å². The Kier molecular flexibility index (Phi) is 3.98. The summed E-state index contributed by atoms with van der Waals surface area (Å²) in [5.74, 6) is 1.23. The zero-order chi connectivity index (χ0) is 17.6. The van der Waals surface area contributed by atoms with Crippen molar-refractivity contribution in [3.63, 3.8) is 0 Å². The molecule has 2 aliphatic rings. The van der Waals surface area contributed by atoms with Crippen LogP contribution in [0.25, 0.3) is 10.8 Å². The van der Waals surface area contributed by atoms with E-state index in [1.807, 2.05) is 0 Å². The van der Waals surface area contributed by atoms with E-state index in [9.17, 15) is 4.79 Å². The Morgan fingerprint density at radius 1 is 1.20 bits per heavy atom. The minimum absolute atomic E-state index is 0.0449. The Bertz CT molecular complexity index is 825. The molecule has 0 aromatic heterocycles. The van der Waals surface area contributed by atoms with Crippen molar-refractivity contribution in [1.82, 2.24) is 0 Å². The maximum atomic E-state index is 11.6. The number of carbonyl (C=O) groups excluding carboxylic acids is 1. The first-order chi connectivity index (χ1) is 12.0. The smallest absolute Gasteiger partial charge is 0.302 e. The highest BCUT2D eigenvalue weighted by atomic mass is 16.5. The zero-order valence-corrected chi connectivity index (χ0v) is 15.3. The van der Waals surface area contributed by atoms with Crippen molar-refractivity contribution >= 4 is 16.7 Å². The topological polar surface area (TPSA) is 35.5 Å². The van der Waals surface area contributed by atoms with Crippen LogP contribution in [-0.4, -0.2) is 19.2 Å². The first-order valence-corrected chi connectivity index (χ1v) is 9.29.